The summed E-state index contributed by atoms with van der Waals surface area (Å²) in [6.45, 7) is 2.38. The monoisotopic (exact) mass is 458 g/mol. The SMILES string of the molecule is C[C@@H](C(=O)NC1CCCC1)N(CCc1ccccc1)C(=O)CCSc1ccc(Cl)cc1. The van der Waals surface area contributed by atoms with Gasteiger partial charge in [0.15, 0.2) is 0 Å². The molecule has 1 fully saturated rings. The van der Waals surface area contributed by atoms with Crippen molar-refractivity contribution in [3.8, 4) is 0 Å². The molecule has 1 aliphatic rings. The van der Waals surface area contributed by atoms with E-state index in [0.29, 0.717) is 23.7 Å². The number of benzene rings is 2. The Morgan fingerprint density at radius 2 is 1.77 bits per heavy atom. The van der Waals surface area contributed by atoms with Crippen LogP contribution in [0.25, 0.3) is 0 Å². The molecule has 4 nitrogen and oxygen atoms in total. The van der Waals surface area contributed by atoms with Crippen molar-refractivity contribution in [2.45, 2.75) is 62.4 Å². The van der Waals surface area contributed by atoms with Crippen LogP contribution in [-0.4, -0.2) is 41.1 Å². The second-order valence-electron chi connectivity index (χ2n) is 8.04. The van der Waals surface area contributed by atoms with Gasteiger partial charge in [0.25, 0.3) is 0 Å². The summed E-state index contributed by atoms with van der Waals surface area (Å²) in [6, 6.07) is 17.5. The molecule has 0 aliphatic heterocycles. The number of rotatable bonds is 10. The van der Waals surface area contributed by atoms with E-state index < -0.39 is 6.04 Å². The van der Waals surface area contributed by atoms with Gasteiger partial charge >= 0.3 is 0 Å². The summed E-state index contributed by atoms with van der Waals surface area (Å²) in [6.07, 6.45) is 5.53. The zero-order valence-electron chi connectivity index (χ0n) is 18.1. The number of hydrogen-bond acceptors (Lipinski definition) is 3. The zero-order chi connectivity index (χ0) is 22.1. The second kappa shape index (κ2) is 12.2. The predicted octanol–water partition coefficient (Wildman–Crippen LogP) is 5.34. The molecular formula is C25H31ClN2O2S. The zero-order valence-corrected chi connectivity index (χ0v) is 19.6. The third-order valence-electron chi connectivity index (χ3n) is 5.75. The van der Waals surface area contributed by atoms with Crippen LogP contribution in [0.5, 0.6) is 0 Å². The molecule has 0 bridgehead atoms. The summed E-state index contributed by atoms with van der Waals surface area (Å²) in [5.41, 5.74) is 1.17. The van der Waals surface area contributed by atoms with Gasteiger partial charge in [0.2, 0.25) is 11.8 Å². The molecule has 2 aromatic carbocycles. The number of nitrogens with zero attached hydrogens (tertiary/aromatic N) is 1. The number of nitrogens with one attached hydrogen (secondary N) is 1. The van der Waals surface area contributed by atoms with Crippen LogP contribution in [0, 0.1) is 0 Å². The van der Waals surface area contributed by atoms with Crippen molar-refractivity contribution in [3.63, 3.8) is 0 Å². The number of hydrogen-bond donors (Lipinski definition) is 1. The molecule has 0 aromatic heterocycles. The van der Waals surface area contributed by atoms with Gasteiger partial charge in [-0.05, 0) is 56.0 Å². The van der Waals surface area contributed by atoms with E-state index in [4.69, 9.17) is 11.6 Å². The van der Waals surface area contributed by atoms with E-state index in [2.05, 4.69) is 17.4 Å². The molecule has 166 valence electrons. The summed E-state index contributed by atoms with van der Waals surface area (Å²) in [4.78, 5) is 28.8. The van der Waals surface area contributed by atoms with E-state index in [9.17, 15) is 9.59 Å². The Balaban J connectivity index is 1.59. The molecule has 31 heavy (non-hydrogen) atoms. The fraction of sp³-hybridized carbons (Fsp3) is 0.440. The first-order valence-corrected chi connectivity index (χ1v) is 12.4. The highest BCUT2D eigenvalue weighted by molar-refractivity contribution is 7.99. The van der Waals surface area contributed by atoms with Crippen LogP contribution >= 0.6 is 23.4 Å². The van der Waals surface area contributed by atoms with Crippen LogP contribution in [0.3, 0.4) is 0 Å². The maximum absolute atomic E-state index is 13.1. The first-order valence-electron chi connectivity index (χ1n) is 11.0. The highest BCUT2D eigenvalue weighted by Gasteiger charge is 2.27. The molecule has 1 saturated carbocycles. The molecular weight excluding hydrogens is 428 g/mol. The van der Waals surface area contributed by atoms with Crippen molar-refractivity contribution in [3.05, 3.63) is 65.2 Å². The van der Waals surface area contributed by atoms with Crippen molar-refractivity contribution in [1.82, 2.24) is 10.2 Å². The van der Waals surface area contributed by atoms with Crippen LogP contribution in [0.4, 0.5) is 0 Å². The van der Waals surface area contributed by atoms with Gasteiger partial charge in [-0.3, -0.25) is 9.59 Å². The van der Waals surface area contributed by atoms with Crippen molar-refractivity contribution in [2.75, 3.05) is 12.3 Å². The van der Waals surface area contributed by atoms with Crippen molar-refractivity contribution in [2.24, 2.45) is 0 Å². The fourth-order valence-corrected chi connectivity index (χ4v) is 4.86. The van der Waals surface area contributed by atoms with Crippen LogP contribution in [0.1, 0.15) is 44.6 Å². The lowest BCUT2D eigenvalue weighted by atomic mass is 10.1. The average molecular weight is 459 g/mol. The van der Waals surface area contributed by atoms with E-state index >= 15 is 0 Å². The van der Waals surface area contributed by atoms with E-state index in [1.807, 2.05) is 49.4 Å². The molecule has 6 heteroatoms. The summed E-state index contributed by atoms with van der Waals surface area (Å²) in [7, 11) is 0. The molecule has 1 N–H and O–H groups in total. The lowest BCUT2D eigenvalue weighted by molar-refractivity contribution is -0.139. The normalized spacial score (nSPS) is 14.9. The molecule has 0 heterocycles. The lowest BCUT2D eigenvalue weighted by Crippen LogP contribution is -2.50. The Bertz CT molecular complexity index is 838. The van der Waals surface area contributed by atoms with Gasteiger partial charge in [-0.2, -0.15) is 0 Å². The average Bonchev–Trinajstić information content (AvgIpc) is 3.29. The number of carbonyl (C=O) groups is 2. The Hall–Kier alpha value is -1.98. The second-order valence-corrected chi connectivity index (χ2v) is 9.65. The predicted molar refractivity (Wildman–Crippen MR) is 129 cm³/mol. The maximum atomic E-state index is 13.1. The van der Waals surface area contributed by atoms with E-state index in [1.54, 1.807) is 16.7 Å². The molecule has 2 amide bonds. The number of carbonyl (C=O) groups excluding carboxylic acids is 2. The Morgan fingerprint density at radius 1 is 1.10 bits per heavy atom. The smallest absolute Gasteiger partial charge is 0.242 e. The third-order valence-corrected chi connectivity index (χ3v) is 7.02. The third kappa shape index (κ3) is 7.58. The largest absolute Gasteiger partial charge is 0.352 e. The minimum atomic E-state index is -0.475. The Morgan fingerprint density at radius 3 is 2.45 bits per heavy atom. The molecule has 1 atom stereocenters. The van der Waals surface area contributed by atoms with Gasteiger partial charge in [0.05, 0.1) is 0 Å². The molecule has 1 aliphatic carbocycles. The van der Waals surface area contributed by atoms with Gasteiger partial charge in [-0.15, -0.1) is 11.8 Å². The number of thioether (sulfide) groups is 1. The van der Waals surface area contributed by atoms with Gasteiger partial charge in [0, 0.05) is 34.7 Å². The van der Waals surface area contributed by atoms with Crippen molar-refractivity contribution in [1.29, 1.82) is 0 Å². The minimum Gasteiger partial charge on any atom is -0.352 e. The summed E-state index contributed by atoms with van der Waals surface area (Å²) >= 11 is 7.57. The lowest BCUT2D eigenvalue weighted by Gasteiger charge is -2.29. The first kappa shape index (κ1) is 23.7. The summed E-state index contributed by atoms with van der Waals surface area (Å²) in [5, 5.41) is 3.85. The Labute approximate surface area is 194 Å². The quantitative estimate of drug-likeness (QED) is 0.489. The standard InChI is InChI=1S/C25H31ClN2O2S/c1-19(25(30)27-22-9-5-6-10-22)28(17-15-20-7-3-2-4-8-20)24(29)16-18-31-23-13-11-21(26)12-14-23/h2-4,7-8,11-14,19,22H,5-6,9-10,15-18H2,1H3,(H,27,30)/t19-/m0/s1. The minimum absolute atomic E-state index is 0.0199. The van der Waals surface area contributed by atoms with Gasteiger partial charge in [-0.25, -0.2) is 0 Å². The van der Waals surface area contributed by atoms with Gasteiger partial charge in [0.1, 0.15) is 6.04 Å². The van der Waals surface area contributed by atoms with Gasteiger partial charge in [-0.1, -0.05) is 54.8 Å². The topological polar surface area (TPSA) is 49.4 Å². The number of halogens is 1. The molecule has 0 saturated heterocycles. The van der Waals surface area contributed by atoms with Crippen molar-refractivity contribution >= 4 is 35.2 Å². The van der Waals surface area contributed by atoms with E-state index in [1.165, 1.54) is 5.56 Å². The fourth-order valence-electron chi connectivity index (χ4n) is 3.89. The molecule has 0 unspecified atom stereocenters. The highest BCUT2D eigenvalue weighted by atomic mass is 35.5. The molecule has 0 spiro atoms. The first-order chi connectivity index (χ1) is 15.0. The Kier molecular flexibility index (Phi) is 9.29. The molecule has 2 aromatic rings. The van der Waals surface area contributed by atoms with E-state index in [-0.39, 0.29) is 17.9 Å². The van der Waals surface area contributed by atoms with Crippen LogP contribution in [-0.2, 0) is 16.0 Å². The maximum Gasteiger partial charge on any atom is 0.242 e. The number of amides is 2. The highest BCUT2D eigenvalue weighted by Crippen LogP contribution is 2.22. The summed E-state index contributed by atoms with van der Waals surface area (Å²) in [5.74, 6) is 0.643. The van der Waals surface area contributed by atoms with Gasteiger partial charge < -0.3 is 10.2 Å². The van der Waals surface area contributed by atoms with Crippen molar-refractivity contribution < 1.29 is 9.59 Å². The summed E-state index contributed by atoms with van der Waals surface area (Å²) < 4.78 is 0. The van der Waals surface area contributed by atoms with Crippen LogP contribution in [0.2, 0.25) is 5.02 Å². The van der Waals surface area contributed by atoms with Crippen LogP contribution in [0.15, 0.2) is 59.5 Å². The van der Waals surface area contributed by atoms with E-state index in [0.717, 1.165) is 37.0 Å². The molecule has 0 radical (unpaired) electrons. The molecule has 3 rings (SSSR count). The van der Waals surface area contributed by atoms with Crippen LogP contribution < -0.4 is 5.32 Å².